The first-order valence-corrected chi connectivity index (χ1v) is 5.82. The highest BCUT2D eigenvalue weighted by molar-refractivity contribution is 5.96. The molecule has 0 saturated heterocycles. The zero-order valence-electron chi connectivity index (χ0n) is 10.4. The van der Waals surface area contributed by atoms with E-state index in [9.17, 15) is 4.79 Å². The van der Waals surface area contributed by atoms with Crippen molar-refractivity contribution in [3.05, 3.63) is 24.0 Å². The Balaban J connectivity index is 2.16. The predicted molar refractivity (Wildman–Crippen MR) is 64.6 cm³/mol. The molecule has 1 heterocycles. The van der Waals surface area contributed by atoms with Gasteiger partial charge in [0.15, 0.2) is 5.78 Å². The van der Waals surface area contributed by atoms with Crippen LogP contribution in [0.15, 0.2) is 18.5 Å². The van der Waals surface area contributed by atoms with Crippen LogP contribution in [-0.2, 0) is 11.8 Å². The van der Waals surface area contributed by atoms with Crippen LogP contribution < -0.4 is 0 Å². The smallest absolute Gasteiger partial charge is 0.189 e. The molecule has 1 aromatic heterocycles. The van der Waals surface area contributed by atoms with Gasteiger partial charge in [-0.1, -0.05) is 13.8 Å². The topological polar surface area (TPSA) is 31.2 Å². The number of rotatable bonds is 7. The monoisotopic (exact) mass is 223 g/mol. The number of Topliss-reactive ketones (excluding diaryl/α,β-unsaturated/α-hetero) is 1. The van der Waals surface area contributed by atoms with Gasteiger partial charge in [0.2, 0.25) is 0 Å². The average molecular weight is 223 g/mol. The van der Waals surface area contributed by atoms with Gasteiger partial charge in [-0.05, 0) is 24.8 Å². The van der Waals surface area contributed by atoms with Crippen LogP contribution in [0.1, 0.15) is 37.0 Å². The number of hydrogen-bond donors (Lipinski definition) is 0. The summed E-state index contributed by atoms with van der Waals surface area (Å²) in [6.07, 6.45) is 5.87. The SMILES string of the molecule is CC(C)CCCOCC(=O)c1ccn(C)c1. The molecule has 1 aromatic rings. The normalized spacial score (nSPS) is 11.0. The van der Waals surface area contributed by atoms with E-state index >= 15 is 0 Å². The van der Waals surface area contributed by atoms with Crippen molar-refractivity contribution >= 4 is 5.78 Å². The summed E-state index contributed by atoms with van der Waals surface area (Å²) in [6.45, 7) is 5.25. The van der Waals surface area contributed by atoms with Gasteiger partial charge in [0.25, 0.3) is 0 Å². The number of nitrogens with zero attached hydrogens (tertiary/aromatic N) is 1. The Morgan fingerprint density at radius 1 is 1.50 bits per heavy atom. The van der Waals surface area contributed by atoms with E-state index in [1.165, 1.54) is 0 Å². The Hall–Kier alpha value is -1.09. The van der Waals surface area contributed by atoms with E-state index in [1.54, 1.807) is 0 Å². The Bertz CT molecular complexity index is 328. The lowest BCUT2D eigenvalue weighted by molar-refractivity contribution is 0.0749. The lowest BCUT2D eigenvalue weighted by Gasteiger charge is -2.04. The maximum atomic E-state index is 11.6. The summed E-state index contributed by atoms with van der Waals surface area (Å²) in [7, 11) is 1.90. The van der Waals surface area contributed by atoms with E-state index in [0.717, 1.165) is 18.4 Å². The van der Waals surface area contributed by atoms with Gasteiger partial charge in [0.1, 0.15) is 6.61 Å². The van der Waals surface area contributed by atoms with Gasteiger partial charge in [-0.3, -0.25) is 4.79 Å². The zero-order chi connectivity index (χ0) is 12.0. The third-order valence-electron chi connectivity index (χ3n) is 2.46. The number of ether oxygens (including phenoxy) is 1. The van der Waals surface area contributed by atoms with E-state index in [1.807, 2.05) is 30.1 Å². The summed E-state index contributed by atoms with van der Waals surface area (Å²) in [5.41, 5.74) is 0.728. The minimum atomic E-state index is 0.0603. The predicted octanol–water partition coefficient (Wildman–Crippen LogP) is 2.66. The Labute approximate surface area is 97.4 Å². The van der Waals surface area contributed by atoms with E-state index < -0.39 is 0 Å². The average Bonchev–Trinajstić information content (AvgIpc) is 2.63. The maximum Gasteiger partial charge on any atom is 0.189 e. The lowest BCUT2D eigenvalue weighted by atomic mass is 10.1. The van der Waals surface area contributed by atoms with Crippen molar-refractivity contribution in [3.8, 4) is 0 Å². The Morgan fingerprint density at radius 2 is 2.25 bits per heavy atom. The first-order valence-electron chi connectivity index (χ1n) is 5.82. The molecule has 16 heavy (non-hydrogen) atoms. The molecule has 0 aliphatic carbocycles. The highest BCUT2D eigenvalue weighted by Gasteiger charge is 2.06. The van der Waals surface area contributed by atoms with Gasteiger partial charge in [-0.2, -0.15) is 0 Å². The standard InChI is InChI=1S/C13H21NO2/c1-11(2)5-4-8-16-10-13(15)12-6-7-14(3)9-12/h6-7,9,11H,4-5,8,10H2,1-3H3. The van der Waals surface area contributed by atoms with Crippen molar-refractivity contribution < 1.29 is 9.53 Å². The molecule has 3 heteroatoms. The summed E-state index contributed by atoms with van der Waals surface area (Å²) in [5, 5.41) is 0. The molecule has 0 spiro atoms. The number of carbonyl (C=O) groups is 1. The largest absolute Gasteiger partial charge is 0.373 e. The van der Waals surface area contributed by atoms with E-state index in [-0.39, 0.29) is 12.4 Å². The van der Waals surface area contributed by atoms with E-state index in [0.29, 0.717) is 12.5 Å². The van der Waals surface area contributed by atoms with Crippen LogP contribution in [-0.4, -0.2) is 23.6 Å². The second-order valence-electron chi connectivity index (χ2n) is 4.58. The molecular formula is C13H21NO2. The molecule has 0 aliphatic heterocycles. The van der Waals surface area contributed by atoms with Crippen LogP contribution in [0.3, 0.4) is 0 Å². The molecule has 0 unspecified atom stereocenters. The number of aromatic nitrogens is 1. The summed E-state index contributed by atoms with van der Waals surface area (Å²) < 4.78 is 7.22. The maximum absolute atomic E-state index is 11.6. The lowest BCUT2D eigenvalue weighted by Crippen LogP contribution is -2.09. The van der Waals surface area contributed by atoms with Crippen molar-refractivity contribution in [2.24, 2.45) is 13.0 Å². The molecule has 0 aromatic carbocycles. The van der Waals surface area contributed by atoms with E-state index in [4.69, 9.17) is 4.74 Å². The van der Waals surface area contributed by atoms with Gasteiger partial charge in [0.05, 0.1) is 0 Å². The molecule has 0 radical (unpaired) electrons. The van der Waals surface area contributed by atoms with Gasteiger partial charge in [-0.15, -0.1) is 0 Å². The molecule has 0 amide bonds. The highest BCUT2D eigenvalue weighted by Crippen LogP contribution is 2.04. The van der Waals surface area contributed by atoms with Crippen LogP contribution in [0.5, 0.6) is 0 Å². The Kier molecular flexibility index (Phi) is 5.26. The summed E-state index contributed by atoms with van der Waals surface area (Å²) >= 11 is 0. The second-order valence-corrected chi connectivity index (χ2v) is 4.58. The summed E-state index contributed by atoms with van der Waals surface area (Å²) in [5.74, 6) is 0.763. The van der Waals surface area contributed by atoms with Gasteiger partial charge >= 0.3 is 0 Å². The minimum Gasteiger partial charge on any atom is -0.373 e. The van der Waals surface area contributed by atoms with Gasteiger partial charge in [-0.25, -0.2) is 0 Å². The third-order valence-corrected chi connectivity index (χ3v) is 2.46. The summed E-state index contributed by atoms with van der Waals surface area (Å²) in [4.78, 5) is 11.6. The fourth-order valence-electron chi connectivity index (χ4n) is 1.51. The van der Waals surface area contributed by atoms with Crippen LogP contribution in [0, 0.1) is 5.92 Å². The first kappa shape index (κ1) is 13.0. The number of carbonyl (C=O) groups excluding carboxylic acids is 1. The molecule has 0 N–H and O–H groups in total. The molecule has 90 valence electrons. The number of hydrogen-bond acceptors (Lipinski definition) is 2. The highest BCUT2D eigenvalue weighted by atomic mass is 16.5. The minimum absolute atomic E-state index is 0.0603. The van der Waals surface area contributed by atoms with E-state index in [2.05, 4.69) is 13.8 Å². The van der Waals surface area contributed by atoms with Crippen molar-refractivity contribution in [2.45, 2.75) is 26.7 Å². The quantitative estimate of drug-likeness (QED) is 0.525. The number of aryl methyl sites for hydroxylation is 1. The van der Waals surface area contributed by atoms with Crippen molar-refractivity contribution in [1.82, 2.24) is 4.57 Å². The van der Waals surface area contributed by atoms with Crippen LogP contribution >= 0.6 is 0 Å². The van der Waals surface area contributed by atoms with Crippen molar-refractivity contribution in [1.29, 1.82) is 0 Å². The van der Waals surface area contributed by atoms with Gasteiger partial charge in [0, 0.05) is 31.6 Å². The second kappa shape index (κ2) is 6.48. The molecule has 0 fully saturated rings. The van der Waals surface area contributed by atoms with Crippen LogP contribution in [0.2, 0.25) is 0 Å². The zero-order valence-corrected chi connectivity index (χ0v) is 10.4. The Morgan fingerprint density at radius 3 is 2.81 bits per heavy atom. The number of ketones is 1. The molecule has 0 saturated carbocycles. The molecule has 0 bridgehead atoms. The molecule has 3 nitrogen and oxygen atoms in total. The molecule has 0 atom stereocenters. The summed E-state index contributed by atoms with van der Waals surface area (Å²) in [6, 6.07) is 1.82. The van der Waals surface area contributed by atoms with Crippen molar-refractivity contribution in [2.75, 3.05) is 13.2 Å². The fourth-order valence-corrected chi connectivity index (χ4v) is 1.51. The molecular weight excluding hydrogens is 202 g/mol. The molecule has 0 aliphatic rings. The fraction of sp³-hybridized carbons (Fsp3) is 0.615. The van der Waals surface area contributed by atoms with Gasteiger partial charge < -0.3 is 9.30 Å². The third kappa shape index (κ3) is 4.62. The van der Waals surface area contributed by atoms with Crippen LogP contribution in [0.25, 0.3) is 0 Å². The van der Waals surface area contributed by atoms with Crippen LogP contribution in [0.4, 0.5) is 0 Å². The first-order chi connectivity index (χ1) is 7.59. The van der Waals surface area contributed by atoms with Crippen molar-refractivity contribution in [3.63, 3.8) is 0 Å². The molecule has 1 rings (SSSR count).